The van der Waals surface area contributed by atoms with Gasteiger partial charge in [0.05, 0.1) is 6.04 Å². The fourth-order valence-electron chi connectivity index (χ4n) is 2.75. The van der Waals surface area contributed by atoms with Gasteiger partial charge in [0.2, 0.25) is 0 Å². The Morgan fingerprint density at radius 1 is 1.26 bits per heavy atom. The summed E-state index contributed by atoms with van der Waals surface area (Å²) in [6.07, 6.45) is 0. The fraction of sp³-hybridized carbons (Fsp3) is 0.733. The van der Waals surface area contributed by atoms with Crippen LogP contribution in [-0.2, 0) is 0 Å². The van der Waals surface area contributed by atoms with Crippen LogP contribution in [-0.4, -0.2) is 49.1 Å². The number of rotatable bonds is 7. The van der Waals surface area contributed by atoms with E-state index in [1.807, 2.05) is 11.3 Å². The Hall–Kier alpha value is -0.420. The van der Waals surface area contributed by atoms with Crippen LogP contribution in [0.3, 0.4) is 0 Å². The first kappa shape index (κ1) is 16.6. The molecule has 0 amide bonds. The van der Waals surface area contributed by atoms with Crippen molar-refractivity contribution in [3.8, 4) is 0 Å². The van der Waals surface area contributed by atoms with Crippen molar-refractivity contribution in [2.45, 2.75) is 45.8 Å². The lowest BCUT2D eigenvalue weighted by Crippen LogP contribution is -2.47. The Morgan fingerprint density at radius 2 is 1.89 bits per heavy atom. The van der Waals surface area contributed by atoms with E-state index in [1.54, 1.807) is 0 Å². The molecule has 0 spiro atoms. The number of nitrogens with two attached hydrogens (primary N) is 1. The van der Waals surface area contributed by atoms with Gasteiger partial charge >= 0.3 is 0 Å². The van der Waals surface area contributed by atoms with Crippen LogP contribution in [0.4, 0.5) is 0 Å². The summed E-state index contributed by atoms with van der Waals surface area (Å²) in [5.41, 5.74) is 6.27. The molecule has 0 saturated heterocycles. The molecule has 0 bridgehead atoms. The van der Waals surface area contributed by atoms with Crippen LogP contribution in [0.5, 0.6) is 0 Å². The van der Waals surface area contributed by atoms with E-state index >= 15 is 0 Å². The molecule has 0 aliphatic heterocycles. The van der Waals surface area contributed by atoms with Gasteiger partial charge in [-0.25, -0.2) is 0 Å². The van der Waals surface area contributed by atoms with Crippen molar-refractivity contribution in [1.29, 1.82) is 0 Å². The standard InChI is InChI=1S/C15H29N3S/c1-7-18(11(2)10-17(5)6)15(13(4)16)14-9-8-12(3)19-14/h8-9,11,13,15H,7,10,16H2,1-6H3. The van der Waals surface area contributed by atoms with Gasteiger partial charge in [-0.15, -0.1) is 11.3 Å². The number of likely N-dealkylation sites (N-methyl/N-ethyl adjacent to an activating group) is 2. The van der Waals surface area contributed by atoms with Gasteiger partial charge in [0.15, 0.2) is 0 Å². The summed E-state index contributed by atoms with van der Waals surface area (Å²) in [4.78, 5) is 7.51. The van der Waals surface area contributed by atoms with Crippen LogP contribution in [0.1, 0.15) is 36.6 Å². The van der Waals surface area contributed by atoms with Gasteiger partial charge in [-0.1, -0.05) is 6.92 Å². The molecule has 4 heteroatoms. The topological polar surface area (TPSA) is 32.5 Å². The summed E-state index contributed by atoms with van der Waals surface area (Å²) in [5, 5.41) is 0. The summed E-state index contributed by atoms with van der Waals surface area (Å²) in [5.74, 6) is 0. The minimum atomic E-state index is 0.141. The lowest BCUT2D eigenvalue weighted by molar-refractivity contribution is 0.116. The van der Waals surface area contributed by atoms with Gasteiger partial charge in [-0.05, 0) is 53.5 Å². The van der Waals surface area contributed by atoms with Crippen molar-refractivity contribution >= 4 is 11.3 Å². The highest BCUT2D eigenvalue weighted by atomic mass is 32.1. The number of nitrogens with zero attached hydrogens (tertiary/aromatic N) is 2. The van der Waals surface area contributed by atoms with E-state index in [4.69, 9.17) is 5.73 Å². The Balaban J connectivity index is 2.95. The van der Waals surface area contributed by atoms with E-state index in [-0.39, 0.29) is 6.04 Å². The summed E-state index contributed by atoms with van der Waals surface area (Å²) in [6.45, 7) is 10.9. The van der Waals surface area contributed by atoms with Gasteiger partial charge in [-0.2, -0.15) is 0 Å². The molecule has 0 aliphatic rings. The third-order valence-corrected chi connectivity index (χ3v) is 4.54. The van der Waals surface area contributed by atoms with Crippen LogP contribution in [0.2, 0.25) is 0 Å². The zero-order valence-corrected chi connectivity index (χ0v) is 14.0. The lowest BCUT2D eigenvalue weighted by Gasteiger charge is -2.38. The monoisotopic (exact) mass is 283 g/mol. The first-order valence-electron chi connectivity index (χ1n) is 7.09. The molecule has 1 rings (SSSR count). The summed E-state index contributed by atoms with van der Waals surface area (Å²) < 4.78 is 0. The average molecular weight is 283 g/mol. The molecule has 0 saturated carbocycles. The van der Waals surface area contributed by atoms with Gasteiger partial charge in [-0.3, -0.25) is 4.90 Å². The highest BCUT2D eigenvalue weighted by Gasteiger charge is 2.28. The maximum Gasteiger partial charge on any atom is 0.0593 e. The molecule has 3 nitrogen and oxygen atoms in total. The fourth-order valence-corrected chi connectivity index (χ4v) is 3.87. The molecule has 3 atom stereocenters. The van der Waals surface area contributed by atoms with Gasteiger partial charge in [0.25, 0.3) is 0 Å². The molecule has 3 unspecified atom stereocenters. The van der Waals surface area contributed by atoms with E-state index in [0.717, 1.165) is 13.1 Å². The smallest absolute Gasteiger partial charge is 0.0593 e. The Kier molecular flexibility index (Phi) is 6.47. The lowest BCUT2D eigenvalue weighted by atomic mass is 10.0. The molecule has 1 heterocycles. The first-order valence-corrected chi connectivity index (χ1v) is 7.90. The van der Waals surface area contributed by atoms with E-state index in [2.05, 4.69) is 63.7 Å². The van der Waals surface area contributed by atoms with Crippen LogP contribution >= 0.6 is 11.3 Å². The largest absolute Gasteiger partial charge is 0.326 e. The molecule has 0 aliphatic carbocycles. The van der Waals surface area contributed by atoms with E-state index in [9.17, 15) is 0 Å². The summed E-state index contributed by atoms with van der Waals surface area (Å²) in [6, 6.07) is 5.39. The Bertz CT molecular complexity index is 373. The second-order valence-corrected chi connectivity index (χ2v) is 7.01. The normalized spacial score (nSPS) is 16.9. The van der Waals surface area contributed by atoms with Gasteiger partial charge in [0.1, 0.15) is 0 Å². The zero-order valence-electron chi connectivity index (χ0n) is 13.2. The number of aryl methyl sites for hydroxylation is 1. The van der Waals surface area contributed by atoms with Crippen LogP contribution < -0.4 is 5.73 Å². The number of hydrogen-bond acceptors (Lipinski definition) is 4. The SMILES string of the molecule is CCN(C(C)CN(C)C)C(c1ccc(C)s1)C(C)N. The highest BCUT2D eigenvalue weighted by molar-refractivity contribution is 7.12. The van der Waals surface area contributed by atoms with Gasteiger partial charge in [0, 0.05) is 28.4 Å². The molecule has 110 valence electrons. The van der Waals surface area contributed by atoms with Crippen molar-refractivity contribution in [1.82, 2.24) is 9.80 Å². The molecular formula is C15H29N3S. The molecule has 19 heavy (non-hydrogen) atoms. The third kappa shape index (κ3) is 4.56. The van der Waals surface area contributed by atoms with Crippen LogP contribution in [0, 0.1) is 6.92 Å². The Labute approximate surface area is 122 Å². The second-order valence-electron chi connectivity index (χ2n) is 5.69. The van der Waals surface area contributed by atoms with Crippen LogP contribution in [0.15, 0.2) is 12.1 Å². The predicted molar refractivity (Wildman–Crippen MR) is 85.8 cm³/mol. The molecule has 0 radical (unpaired) electrons. The molecule has 1 aromatic rings. The highest BCUT2D eigenvalue weighted by Crippen LogP contribution is 2.31. The predicted octanol–water partition coefficient (Wildman–Crippen LogP) is 2.72. The van der Waals surface area contributed by atoms with E-state index < -0.39 is 0 Å². The molecule has 0 fully saturated rings. The van der Waals surface area contributed by atoms with Crippen molar-refractivity contribution in [3.05, 3.63) is 21.9 Å². The van der Waals surface area contributed by atoms with E-state index in [1.165, 1.54) is 9.75 Å². The molecule has 1 aromatic heterocycles. The van der Waals surface area contributed by atoms with Crippen molar-refractivity contribution in [2.75, 3.05) is 27.2 Å². The summed E-state index contributed by atoms with van der Waals surface area (Å²) in [7, 11) is 4.25. The quantitative estimate of drug-likeness (QED) is 0.835. The number of hydrogen-bond donors (Lipinski definition) is 1. The molecule has 2 N–H and O–H groups in total. The van der Waals surface area contributed by atoms with Crippen molar-refractivity contribution < 1.29 is 0 Å². The van der Waals surface area contributed by atoms with E-state index in [0.29, 0.717) is 12.1 Å². The minimum Gasteiger partial charge on any atom is -0.326 e. The third-order valence-electron chi connectivity index (χ3n) is 3.47. The molecular weight excluding hydrogens is 254 g/mol. The van der Waals surface area contributed by atoms with Crippen molar-refractivity contribution in [3.63, 3.8) is 0 Å². The maximum atomic E-state index is 6.27. The zero-order chi connectivity index (χ0) is 14.6. The molecule has 0 aromatic carbocycles. The van der Waals surface area contributed by atoms with Gasteiger partial charge < -0.3 is 10.6 Å². The summed E-state index contributed by atoms with van der Waals surface area (Å²) >= 11 is 1.87. The average Bonchev–Trinajstić information content (AvgIpc) is 2.70. The van der Waals surface area contributed by atoms with Crippen LogP contribution in [0.25, 0.3) is 0 Å². The maximum absolute atomic E-state index is 6.27. The first-order chi connectivity index (χ1) is 8.86. The Morgan fingerprint density at radius 3 is 2.26 bits per heavy atom. The van der Waals surface area contributed by atoms with Crippen molar-refractivity contribution in [2.24, 2.45) is 5.73 Å². The number of thiophene rings is 1. The minimum absolute atomic E-state index is 0.141. The second kappa shape index (κ2) is 7.39.